The van der Waals surface area contributed by atoms with Gasteiger partial charge in [0.05, 0.1) is 31.2 Å². The summed E-state index contributed by atoms with van der Waals surface area (Å²) in [5, 5.41) is 4.36. The molecule has 0 radical (unpaired) electrons. The van der Waals surface area contributed by atoms with Crippen LogP contribution >= 0.6 is 0 Å². The molecule has 2 fully saturated rings. The summed E-state index contributed by atoms with van der Waals surface area (Å²) in [6.45, 7) is 0.792. The first-order valence-electron chi connectivity index (χ1n) is 8.44. The van der Waals surface area contributed by atoms with Crippen LogP contribution in [0.2, 0.25) is 0 Å². The summed E-state index contributed by atoms with van der Waals surface area (Å²) in [4.78, 5) is 16.0. The standard InChI is InChI=1S/C16H22F2N4O/c17-16(18)10-21(11-16)15(23)7-14-9-20(12-3-1-2-4-12)8-13-5-6-19-22(13)14/h5-6,12,14H,1-4,7-11H2/t14-/m1/s1. The molecule has 0 N–H and O–H groups in total. The smallest absolute Gasteiger partial charge is 0.282 e. The van der Waals surface area contributed by atoms with Crippen molar-refractivity contribution >= 4 is 5.91 Å². The van der Waals surface area contributed by atoms with E-state index >= 15 is 0 Å². The molecule has 4 rings (SSSR count). The third-order valence-electron chi connectivity index (χ3n) is 5.36. The van der Waals surface area contributed by atoms with E-state index in [-0.39, 0.29) is 18.4 Å². The van der Waals surface area contributed by atoms with E-state index in [1.54, 1.807) is 6.20 Å². The molecule has 2 aliphatic heterocycles. The number of fused-ring (bicyclic) bond motifs is 1. The lowest BCUT2D eigenvalue weighted by molar-refractivity contribution is -0.166. The van der Waals surface area contributed by atoms with E-state index in [0.29, 0.717) is 6.04 Å². The first kappa shape index (κ1) is 15.1. The van der Waals surface area contributed by atoms with Gasteiger partial charge < -0.3 is 4.90 Å². The Balaban J connectivity index is 1.45. The Morgan fingerprint density at radius 1 is 1.30 bits per heavy atom. The maximum Gasteiger partial charge on any atom is 0.282 e. The van der Waals surface area contributed by atoms with Gasteiger partial charge in [0.2, 0.25) is 5.91 Å². The van der Waals surface area contributed by atoms with Crippen LogP contribution in [0.4, 0.5) is 8.78 Å². The third-order valence-corrected chi connectivity index (χ3v) is 5.36. The number of hydrogen-bond donors (Lipinski definition) is 0. The molecule has 1 atom stereocenters. The van der Waals surface area contributed by atoms with Gasteiger partial charge in [-0.25, -0.2) is 8.78 Å². The maximum absolute atomic E-state index is 13.0. The predicted molar refractivity (Wildman–Crippen MR) is 80.1 cm³/mol. The second kappa shape index (κ2) is 5.54. The van der Waals surface area contributed by atoms with Crippen molar-refractivity contribution in [2.45, 2.75) is 56.7 Å². The van der Waals surface area contributed by atoms with E-state index in [1.807, 2.05) is 10.7 Å². The van der Waals surface area contributed by atoms with Crippen molar-refractivity contribution in [1.82, 2.24) is 19.6 Å². The molecule has 1 aliphatic carbocycles. The van der Waals surface area contributed by atoms with Gasteiger partial charge in [-0.3, -0.25) is 14.4 Å². The number of amides is 1. The van der Waals surface area contributed by atoms with E-state index in [4.69, 9.17) is 0 Å². The summed E-state index contributed by atoms with van der Waals surface area (Å²) in [7, 11) is 0. The molecular weight excluding hydrogens is 302 g/mol. The topological polar surface area (TPSA) is 41.4 Å². The van der Waals surface area contributed by atoms with Gasteiger partial charge in [0.1, 0.15) is 0 Å². The predicted octanol–water partition coefficient (Wildman–Crippen LogP) is 2.05. The molecule has 126 valence electrons. The first-order chi connectivity index (χ1) is 11.0. The van der Waals surface area contributed by atoms with Crippen LogP contribution in [0, 0.1) is 0 Å². The number of aromatic nitrogens is 2. The van der Waals surface area contributed by atoms with Gasteiger partial charge in [0.15, 0.2) is 0 Å². The molecule has 0 bridgehead atoms. The van der Waals surface area contributed by atoms with Crippen LogP contribution in [0.3, 0.4) is 0 Å². The molecule has 0 unspecified atom stereocenters. The van der Waals surface area contributed by atoms with Crippen molar-refractivity contribution in [3.05, 3.63) is 18.0 Å². The highest BCUT2D eigenvalue weighted by atomic mass is 19.3. The van der Waals surface area contributed by atoms with Gasteiger partial charge in [0.25, 0.3) is 5.92 Å². The summed E-state index contributed by atoms with van der Waals surface area (Å²) < 4.78 is 27.8. The Hall–Kier alpha value is -1.50. The minimum atomic E-state index is -2.70. The zero-order chi connectivity index (χ0) is 16.0. The molecule has 23 heavy (non-hydrogen) atoms. The van der Waals surface area contributed by atoms with E-state index < -0.39 is 19.0 Å². The fourth-order valence-corrected chi connectivity index (χ4v) is 4.13. The van der Waals surface area contributed by atoms with E-state index in [9.17, 15) is 13.6 Å². The summed E-state index contributed by atoms with van der Waals surface area (Å²) >= 11 is 0. The largest absolute Gasteiger partial charge is 0.330 e. The van der Waals surface area contributed by atoms with Crippen LogP contribution in [-0.4, -0.2) is 57.1 Å². The third kappa shape index (κ3) is 2.86. The molecule has 1 saturated carbocycles. The van der Waals surface area contributed by atoms with Crippen LogP contribution in [0.1, 0.15) is 43.8 Å². The number of hydrogen-bond acceptors (Lipinski definition) is 3. The fraction of sp³-hybridized carbons (Fsp3) is 0.750. The van der Waals surface area contributed by atoms with Crippen LogP contribution in [0.25, 0.3) is 0 Å². The van der Waals surface area contributed by atoms with Crippen molar-refractivity contribution in [3.63, 3.8) is 0 Å². The van der Waals surface area contributed by atoms with Gasteiger partial charge in [-0.1, -0.05) is 12.8 Å². The number of halogens is 2. The Labute approximate surface area is 134 Å². The molecule has 1 aromatic heterocycles. The summed E-state index contributed by atoms with van der Waals surface area (Å²) in [5.74, 6) is -2.88. The van der Waals surface area contributed by atoms with Crippen molar-refractivity contribution < 1.29 is 13.6 Å². The highest BCUT2D eigenvalue weighted by molar-refractivity contribution is 5.77. The van der Waals surface area contributed by atoms with E-state index in [2.05, 4.69) is 10.00 Å². The average Bonchev–Trinajstić information content (AvgIpc) is 3.15. The van der Waals surface area contributed by atoms with Gasteiger partial charge in [-0.05, 0) is 18.9 Å². The highest BCUT2D eigenvalue weighted by Crippen LogP contribution is 2.32. The Kier molecular flexibility index (Phi) is 3.63. The Morgan fingerprint density at radius 2 is 2.04 bits per heavy atom. The maximum atomic E-state index is 13.0. The van der Waals surface area contributed by atoms with Crippen molar-refractivity contribution in [3.8, 4) is 0 Å². The number of carbonyl (C=O) groups excluding carboxylic acids is 1. The zero-order valence-corrected chi connectivity index (χ0v) is 13.1. The first-order valence-corrected chi connectivity index (χ1v) is 8.44. The van der Waals surface area contributed by atoms with Crippen LogP contribution in [0.15, 0.2) is 12.3 Å². The van der Waals surface area contributed by atoms with E-state index in [1.165, 1.54) is 30.6 Å². The molecule has 1 amide bonds. The molecule has 3 aliphatic rings. The number of alkyl halides is 2. The summed E-state index contributed by atoms with van der Waals surface area (Å²) in [6.07, 6.45) is 7.00. The second-order valence-corrected chi connectivity index (χ2v) is 7.10. The van der Waals surface area contributed by atoms with Crippen molar-refractivity contribution in [2.75, 3.05) is 19.6 Å². The molecule has 0 aromatic carbocycles. The molecular formula is C16H22F2N4O. The monoisotopic (exact) mass is 324 g/mol. The lowest BCUT2D eigenvalue weighted by Gasteiger charge is -2.41. The minimum absolute atomic E-state index is 0.0453. The SMILES string of the molecule is O=C(C[C@@H]1CN(C2CCCC2)Cc2ccnn21)N1CC(F)(F)C1. The Bertz CT molecular complexity index is 589. The normalized spacial score (nSPS) is 27.7. The lowest BCUT2D eigenvalue weighted by atomic mass is 10.0. The second-order valence-electron chi connectivity index (χ2n) is 7.10. The van der Waals surface area contributed by atoms with Gasteiger partial charge in [-0.15, -0.1) is 0 Å². The molecule has 1 aromatic rings. The lowest BCUT2D eigenvalue weighted by Crippen LogP contribution is -2.59. The van der Waals surface area contributed by atoms with Crippen LogP contribution in [-0.2, 0) is 11.3 Å². The molecule has 1 saturated heterocycles. The summed E-state index contributed by atoms with van der Waals surface area (Å²) in [5.41, 5.74) is 1.12. The Morgan fingerprint density at radius 3 is 2.74 bits per heavy atom. The molecule has 0 spiro atoms. The molecule has 7 heteroatoms. The number of carbonyl (C=O) groups is 1. The molecule has 3 heterocycles. The quantitative estimate of drug-likeness (QED) is 0.854. The average molecular weight is 324 g/mol. The molecule has 5 nitrogen and oxygen atoms in total. The van der Waals surface area contributed by atoms with Crippen LogP contribution in [0.5, 0.6) is 0 Å². The number of likely N-dealkylation sites (tertiary alicyclic amines) is 1. The number of rotatable bonds is 3. The van der Waals surface area contributed by atoms with Gasteiger partial charge >= 0.3 is 0 Å². The van der Waals surface area contributed by atoms with Gasteiger partial charge in [0, 0.05) is 25.3 Å². The minimum Gasteiger partial charge on any atom is -0.330 e. The fourth-order valence-electron chi connectivity index (χ4n) is 4.13. The van der Waals surface area contributed by atoms with Gasteiger partial charge in [-0.2, -0.15) is 5.10 Å². The van der Waals surface area contributed by atoms with Crippen molar-refractivity contribution in [2.24, 2.45) is 0 Å². The zero-order valence-electron chi connectivity index (χ0n) is 13.1. The highest BCUT2D eigenvalue weighted by Gasteiger charge is 2.46. The number of nitrogens with zero attached hydrogens (tertiary/aromatic N) is 4. The van der Waals surface area contributed by atoms with Crippen molar-refractivity contribution in [1.29, 1.82) is 0 Å². The summed E-state index contributed by atoms with van der Waals surface area (Å²) in [6, 6.07) is 2.54. The van der Waals surface area contributed by atoms with E-state index in [0.717, 1.165) is 18.8 Å². The van der Waals surface area contributed by atoms with Crippen LogP contribution < -0.4 is 0 Å².